The van der Waals surface area contributed by atoms with Gasteiger partial charge in [0, 0.05) is 26.2 Å². The zero-order chi connectivity index (χ0) is 13.0. The van der Waals surface area contributed by atoms with Crippen LogP contribution in [0.4, 0.5) is 0 Å². The van der Waals surface area contributed by atoms with Gasteiger partial charge in [0.1, 0.15) is 0 Å². The number of rotatable bonds is 5. The Morgan fingerprint density at radius 1 is 1.39 bits per heavy atom. The molecule has 0 saturated carbocycles. The highest BCUT2D eigenvalue weighted by Crippen LogP contribution is 2.27. The van der Waals surface area contributed by atoms with Crippen LogP contribution in [0.15, 0.2) is 24.3 Å². The van der Waals surface area contributed by atoms with Crippen LogP contribution in [0.25, 0.3) is 0 Å². The monoisotopic (exact) mass is 248 g/mol. The fourth-order valence-corrected chi connectivity index (χ4v) is 2.80. The minimum Gasteiger partial charge on any atom is -0.384 e. The fraction of sp³-hybridized carbons (Fsp3) is 0.600. The van der Waals surface area contributed by atoms with Crippen molar-refractivity contribution in [3.63, 3.8) is 0 Å². The third-order valence-electron chi connectivity index (χ3n) is 3.85. The average molecular weight is 248 g/mol. The lowest BCUT2D eigenvalue weighted by atomic mass is 10.0. The second-order valence-electron chi connectivity index (χ2n) is 5.27. The first-order chi connectivity index (χ1) is 8.74. The van der Waals surface area contributed by atoms with Gasteiger partial charge in [-0.2, -0.15) is 0 Å². The Morgan fingerprint density at radius 3 is 2.72 bits per heavy atom. The van der Waals surface area contributed by atoms with Crippen LogP contribution in [-0.4, -0.2) is 38.3 Å². The van der Waals surface area contributed by atoms with E-state index in [9.17, 15) is 0 Å². The van der Waals surface area contributed by atoms with Gasteiger partial charge in [-0.15, -0.1) is 0 Å². The summed E-state index contributed by atoms with van der Waals surface area (Å²) in [6.07, 6.45) is 1.22. The summed E-state index contributed by atoms with van der Waals surface area (Å²) >= 11 is 0. The second-order valence-corrected chi connectivity index (χ2v) is 5.27. The topological polar surface area (TPSA) is 38.5 Å². The summed E-state index contributed by atoms with van der Waals surface area (Å²) in [4.78, 5) is 2.49. The number of aryl methyl sites for hydroxylation is 1. The molecule has 2 atom stereocenters. The molecule has 1 aromatic carbocycles. The zero-order valence-electron chi connectivity index (χ0n) is 11.4. The maximum Gasteiger partial charge on any atom is 0.0503 e. The minimum atomic E-state index is 0.354. The van der Waals surface area contributed by atoms with Gasteiger partial charge >= 0.3 is 0 Å². The highest BCUT2D eigenvalue weighted by molar-refractivity contribution is 5.24. The van der Waals surface area contributed by atoms with Crippen LogP contribution >= 0.6 is 0 Å². The molecule has 1 aliphatic rings. The molecule has 0 bridgehead atoms. The lowest BCUT2D eigenvalue weighted by molar-refractivity contribution is 0.147. The number of likely N-dealkylation sites (tertiary alicyclic amines) is 1. The molecule has 1 fully saturated rings. The predicted molar refractivity (Wildman–Crippen MR) is 74.5 cm³/mol. The average Bonchev–Trinajstić information content (AvgIpc) is 2.82. The third-order valence-corrected chi connectivity index (χ3v) is 3.85. The Morgan fingerprint density at radius 2 is 2.11 bits per heavy atom. The van der Waals surface area contributed by atoms with Crippen molar-refractivity contribution in [2.45, 2.75) is 19.4 Å². The summed E-state index contributed by atoms with van der Waals surface area (Å²) in [6.45, 7) is 5.89. The predicted octanol–water partition coefficient (Wildman–Crippen LogP) is 1.96. The Bertz CT molecular complexity index is 363. The lowest BCUT2D eigenvalue weighted by Gasteiger charge is -2.27. The minimum absolute atomic E-state index is 0.354. The van der Waals surface area contributed by atoms with Gasteiger partial charge in [0.2, 0.25) is 0 Å². The van der Waals surface area contributed by atoms with Crippen molar-refractivity contribution in [3.8, 4) is 0 Å². The number of methoxy groups -OCH3 is 1. The number of nitrogens with zero attached hydrogens (tertiary/aromatic N) is 1. The standard InChI is InChI=1S/C15H24N2O/c1-12-3-5-14(6-4-12)15(9-16)17-8-7-13(10-17)11-18-2/h3-6,13,15H,7-11,16H2,1-2H3. The Kier molecular flexibility index (Phi) is 4.75. The molecule has 2 unspecified atom stereocenters. The molecule has 2 rings (SSSR count). The molecule has 1 saturated heterocycles. The van der Waals surface area contributed by atoms with Crippen molar-refractivity contribution < 1.29 is 4.74 Å². The van der Waals surface area contributed by atoms with Crippen LogP contribution < -0.4 is 5.73 Å². The van der Waals surface area contributed by atoms with Crippen LogP contribution in [0.1, 0.15) is 23.6 Å². The summed E-state index contributed by atoms with van der Waals surface area (Å²) in [5.41, 5.74) is 8.60. The van der Waals surface area contributed by atoms with E-state index in [4.69, 9.17) is 10.5 Å². The van der Waals surface area contributed by atoms with Gasteiger partial charge in [-0.05, 0) is 31.4 Å². The van der Waals surface area contributed by atoms with Crippen molar-refractivity contribution in [1.29, 1.82) is 0 Å². The number of ether oxygens (including phenoxy) is 1. The number of hydrogen-bond donors (Lipinski definition) is 1. The first-order valence-electron chi connectivity index (χ1n) is 6.74. The SMILES string of the molecule is COCC1CCN(C(CN)c2ccc(C)cc2)C1. The molecule has 1 heterocycles. The molecule has 1 aliphatic heterocycles. The molecule has 3 heteroatoms. The van der Waals surface area contributed by atoms with Gasteiger partial charge in [0.05, 0.1) is 6.61 Å². The van der Waals surface area contributed by atoms with E-state index in [2.05, 4.69) is 36.1 Å². The van der Waals surface area contributed by atoms with Gasteiger partial charge in [0.25, 0.3) is 0 Å². The van der Waals surface area contributed by atoms with Crippen molar-refractivity contribution in [2.75, 3.05) is 33.4 Å². The van der Waals surface area contributed by atoms with E-state index in [-0.39, 0.29) is 0 Å². The number of nitrogens with two attached hydrogens (primary N) is 1. The third kappa shape index (κ3) is 3.10. The molecule has 0 aromatic heterocycles. The first kappa shape index (κ1) is 13.5. The van der Waals surface area contributed by atoms with Gasteiger partial charge < -0.3 is 10.5 Å². The Labute approximate surface area is 110 Å². The van der Waals surface area contributed by atoms with Gasteiger partial charge in [0.15, 0.2) is 0 Å². The summed E-state index contributed by atoms with van der Waals surface area (Å²) in [5, 5.41) is 0. The fourth-order valence-electron chi connectivity index (χ4n) is 2.80. The van der Waals surface area contributed by atoms with Crippen molar-refractivity contribution >= 4 is 0 Å². The molecule has 0 aliphatic carbocycles. The molecule has 100 valence electrons. The van der Waals surface area contributed by atoms with Crippen molar-refractivity contribution in [2.24, 2.45) is 11.7 Å². The van der Waals surface area contributed by atoms with Gasteiger partial charge in [-0.3, -0.25) is 4.90 Å². The van der Waals surface area contributed by atoms with E-state index in [1.807, 2.05) is 0 Å². The van der Waals surface area contributed by atoms with E-state index in [0.29, 0.717) is 18.5 Å². The van der Waals surface area contributed by atoms with Crippen molar-refractivity contribution in [3.05, 3.63) is 35.4 Å². The summed E-state index contributed by atoms with van der Waals surface area (Å²) in [7, 11) is 1.78. The van der Waals surface area contributed by atoms with E-state index in [1.165, 1.54) is 17.5 Å². The maximum atomic E-state index is 5.97. The molecular weight excluding hydrogens is 224 g/mol. The van der Waals surface area contributed by atoms with Gasteiger partial charge in [-0.1, -0.05) is 29.8 Å². The largest absolute Gasteiger partial charge is 0.384 e. The maximum absolute atomic E-state index is 5.97. The van der Waals surface area contributed by atoms with Crippen LogP contribution in [0.5, 0.6) is 0 Å². The normalized spacial score (nSPS) is 22.3. The molecular formula is C15H24N2O. The first-order valence-corrected chi connectivity index (χ1v) is 6.74. The Hall–Kier alpha value is -0.900. The van der Waals surface area contributed by atoms with Gasteiger partial charge in [-0.25, -0.2) is 0 Å². The highest BCUT2D eigenvalue weighted by atomic mass is 16.5. The highest BCUT2D eigenvalue weighted by Gasteiger charge is 2.28. The molecule has 0 spiro atoms. The molecule has 0 radical (unpaired) electrons. The molecule has 1 aromatic rings. The molecule has 18 heavy (non-hydrogen) atoms. The zero-order valence-corrected chi connectivity index (χ0v) is 11.4. The van der Waals surface area contributed by atoms with Crippen molar-refractivity contribution in [1.82, 2.24) is 4.90 Å². The summed E-state index contributed by atoms with van der Waals surface area (Å²) in [6, 6.07) is 9.10. The quantitative estimate of drug-likeness (QED) is 0.865. The van der Waals surface area contributed by atoms with Crippen LogP contribution in [0.3, 0.4) is 0 Å². The summed E-state index contributed by atoms with van der Waals surface area (Å²) < 4.78 is 5.25. The van der Waals surface area contributed by atoms with Crippen LogP contribution in [0.2, 0.25) is 0 Å². The second kappa shape index (κ2) is 6.32. The number of hydrogen-bond acceptors (Lipinski definition) is 3. The van der Waals surface area contributed by atoms with Crippen LogP contribution in [0, 0.1) is 12.8 Å². The summed E-state index contributed by atoms with van der Waals surface area (Å²) in [5.74, 6) is 0.662. The molecule has 3 nitrogen and oxygen atoms in total. The van der Waals surface area contributed by atoms with Crippen LogP contribution in [-0.2, 0) is 4.74 Å². The van der Waals surface area contributed by atoms with E-state index in [1.54, 1.807) is 7.11 Å². The molecule has 0 amide bonds. The smallest absolute Gasteiger partial charge is 0.0503 e. The van der Waals surface area contributed by atoms with E-state index >= 15 is 0 Å². The van der Waals surface area contributed by atoms with E-state index < -0.39 is 0 Å². The number of benzene rings is 1. The van der Waals surface area contributed by atoms with E-state index in [0.717, 1.165) is 19.7 Å². The Balaban J connectivity index is 2.03. The molecule has 2 N–H and O–H groups in total. The lowest BCUT2D eigenvalue weighted by Crippen LogP contribution is -2.32.